The summed E-state index contributed by atoms with van der Waals surface area (Å²) in [4.78, 5) is 41.8. The van der Waals surface area contributed by atoms with E-state index in [4.69, 9.17) is 14.2 Å². The van der Waals surface area contributed by atoms with Crippen LogP contribution >= 0.6 is 0 Å². The summed E-state index contributed by atoms with van der Waals surface area (Å²) in [6.07, 6.45) is 4.63. The average molecular weight is 611 g/mol. The van der Waals surface area contributed by atoms with Gasteiger partial charge in [-0.2, -0.15) is 15.1 Å². The number of carbonyl (C=O) groups excluding carboxylic acids is 2. The van der Waals surface area contributed by atoms with Gasteiger partial charge in [0.1, 0.15) is 19.0 Å². The standard InChI is InChI=1S/C32H34N8O5/c1-3-43-31(42)25-17-34-40(19-25)32-35-29-28(30(36-32)45-21-24-7-5-4-6-8-24)39(22-33-29)18-23-9-11-26(12-10-23)44-16-15-38-14-13-37(2)27(41)20-38/h4-12,17,19,22H,3,13-16,18,20-21H2,1-2H3. The zero-order valence-corrected chi connectivity index (χ0v) is 25.2. The highest BCUT2D eigenvalue weighted by Gasteiger charge is 2.21. The fourth-order valence-electron chi connectivity index (χ4n) is 4.91. The highest BCUT2D eigenvalue weighted by Crippen LogP contribution is 2.26. The first-order valence-corrected chi connectivity index (χ1v) is 14.8. The number of rotatable bonds is 12. The molecule has 0 bridgehead atoms. The van der Waals surface area contributed by atoms with E-state index in [9.17, 15) is 9.59 Å². The van der Waals surface area contributed by atoms with Gasteiger partial charge in [0.25, 0.3) is 5.95 Å². The van der Waals surface area contributed by atoms with Gasteiger partial charge in [0, 0.05) is 39.4 Å². The molecule has 0 radical (unpaired) electrons. The number of ether oxygens (including phenoxy) is 3. The quantitative estimate of drug-likeness (QED) is 0.194. The third-order valence-electron chi connectivity index (χ3n) is 7.43. The molecule has 0 N–H and O–H groups in total. The summed E-state index contributed by atoms with van der Waals surface area (Å²) < 4.78 is 20.6. The van der Waals surface area contributed by atoms with Gasteiger partial charge in [-0.25, -0.2) is 14.5 Å². The lowest BCUT2D eigenvalue weighted by Gasteiger charge is -2.31. The summed E-state index contributed by atoms with van der Waals surface area (Å²) >= 11 is 0. The second kappa shape index (κ2) is 13.6. The number of carbonyl (C=O) groups is 2. The van der Waals surface area contributed by atoms with Gasteiger partial charge in [-0.1, -0.05) is 42.5 Å². The van der Waals surface area contributed by atoms with Crippen molar-refractivity contribution in [3.8, 4) is 17.6 Å². The fraction of sp³-hybridized carbons (Fsp3) is 0.312. The molecule has 4 heterocycles. The number of likely N-dealkylation sites (N-methyl/N-ethyl adjacent to an activating group) is 1. The van der Waals surface area contributed by atoms with Gasteiger partial charge in [-0.05, 0) is 30.2 Å². The van der Waals surface area contributed by atoms with Crippen LogP contribution in [0, 0.1) is 0 Å². The molecule has 13 heteroatoms. The maximum absolute atomic E-state index is 12.2. The van der Waals surface area contributed by atoms with E-state index in [2.05, 4.69) is 25.0 Å². The summed E-state index contributed by atoms with van der Waals surface area (Å²) in [7, 11) is 1.83. The van der Waals surface area contributed by atoms with Gasteiger partial charge < -0.3 is 23.7 Å². The zero-order chi connectivity index (χ0) is 31.2. The Kier molecular flexibility index (Phi) is 8.96. The number of benzene rings is 2. The van der Waals surface area contributed by atoms with Crippen LogP contribution in [0.15, 0.2) is 73.3 Å². The summed E-state index contributed by atoms with van der Waals surface area (Å²) in [5.74, 6) is 0.978. The van der Waals surface area contributed by atoms with Crippen molar-refractivity contribution < 1.29 is 23.8 Å². The Hall–Kier alpha value is -5.30. The van der Waals surface area contributed by atoms with E-state index < -0.39 is 5.97 Å². The number of imidazole rings is 1. The number of hydrogen-bond donors (Lipinski definition) is 0. The lowest BCUT2D eigenvalue weighted by molar-refractivity contribution is -0.134. The predicted molar refractivity (Wildman–Crippen MR) is 164 cm³/mol. The van der Waals surface area contributed by atoms with Crippen LogP contribution in [0.1, 0.15) is 28.4 Å². The largest absolute Gasteiger partial charge is 0.492 e. The molecule has 0 atom stereocenters. The first-order chi connectivity index (χ1) is 22.0. The monoisotopic (exact) mass is 610 g/mol. The number of fused-ring (bicyclic) bond motifs is 1. The summed E-state index contributed by atoms with van der Waals surface area (Å²) in [5, 5.41) is 4.26. The molecule has 0 saturated carbocycles. The van der Waals surface area contributed by atoms with Gasteiger partial charge in [-0.15, -0.1) is 0 Å². The van der Waals surface area contributed by atoms with Gasteiger partial charge in [-0.3, -0.25) is 9.69 Å². The maximum Gasteiger partial charge on any atom is 0.341 e. The molecule has 3 aromatic heterocycles. The minimum absolute atomic E-state index is 0.136. The molecule has 2 aromatic carbocycles. The number of aromatic nitrogens is 6. The van der Waals surface area contributed by atoms with E-state index in [-0.39, 0.29) is 18.5 Å². The van der Waals surface area contributed by atoms with Crippen molar-refractivity contribution in [3.63, 3.8) is 0 Å². The fourth-order valence-corrected chi connectivity index (χ4v) is 4.91. The summed E-state index contributed by atoms with van der Waals surface area (Å²) in [6, 6.07) is 17.7. The number of esters is 1. The molecular formula is C32H34N8O5. The molecule has 1 amide bonds. The molecule has 6 rings (SSSR count). The normalized spacial score (nSPS) is 13.7. The topological polar surface area (TPSA) is 130 Å². The second-order valence-electron chi connectivity index (χ2n) is 10.6. The van der Waals surface area contributed by atoms with Gasteiger partial charge in [0.2, 0.25) is 11.8 Å². The Bertz CT molecular complexity index is 1770. The van der Waals surface area contributed by atoms with Crippen molar-refractivity contribution in [3.05, 3.63) is 90.0 Å². The van der Waals surface area contributed by atoms with Gasteiger partial charge in [0.05, 0.1) is 31.2 Å². The smallest absolute Gasteiger partial charge is 0.341 e. The molecule has 232 valence electrons. The summed E-state index contributed by atoms with van der Waals surface area (Å²) in [6.45, 7) is 6.01. The van der Waals surface area contributed by atoms with E-state index >= 15 is 0 Å². The van der Waals surface area contributed by atoms with Crippen LogP contribution in [0.5, 0.6) is 11.6 Å². The van der Waals surface area contributed by atoms with Crippen molar-refractivity contribution in [2.45, 2.75) is 20.1 Å². The van der Waals surface area contributed by atoms with Crippen LogP contribution < -0.4 is 9.47 Å². The average Bonchev–Trinajstić information content (AvgIpc) is 3.71. The number of nitrogens with zero attached hydrogens (tertiary/aromatic N) is 8. The molecular weight excluding hydrogens is 576 g/mol. The minimum atomic E-state index is -0.474. The van der Waals surface area contributed by atoms with Crippen molar-refractivity contribution >= 4 is 23.0 Å². The Balaban J connectivity index is 1.19. The van der Waals surface area contributed by atoms with Crippen molar-refractivity contribution in [1.29, 1.82) is 0 Å². The first kappa shape index (κ1) is 29.8. The van der Waals surface area contributed by atoms with Crippen molar-refractivity contribution in [2.24, 2.45) is 0 Å². The Morgan fingerprint density at radius 2 is 1.80 bits per heavy atom. The molecule has 0 aliphatic carbocycles. The molecule has 0 unspecified atom stereocenters. The highest BCUT2D eigenvalue weighted by atomic mass is 16.5. The van der Waals surface area contributed by atoms with E-state index in [0.29, 0.717) is 55.5 Å². The van der Waals surface area contributed by atoms with Crippen LogP contribution in [0.2, 0.25) is 0 Å². The highest BCUT2D eigenvalue weighted by molar-refractivity contribution is 5.88. The van der Waals surface area contributed by atoms with E-state index in [1.54, 1.807) is 18.2 Å². The minimum Gasteiger partial charge on any atom is -0.492 e. The second-order valence-corrected chi connectivity index (χ2v) is 10.6. The van der Waals surface area contributed by atoms with Crippen molar-refractivity contribution in [2.75, 3.05) is 46.4 Å². The van der Waals surface area contributed by atoms with Crippen LogP contribution in [-0.2, 0) is 22.7 Å². The van der Waals surface area contributed by atoms with Crippen LogP contribution in [-0.4, -0.2) is 97.4 Å². The third kappa shape index (κ3) is 7.10. The molecule has 1 fully saturated rings. The van der Waals surface area contributed by atoms with E-state index in [1.165, 1.54) is 17.1 Å². The third-order valence-corrected chi connectivity index (χ3v) is 7.43. The molecule has 1 aliphatic rings. The lowest BCUT2D eigenvalue weighted by Crippen LogP contribution is -2.49. The molecule has 1 aliphatic heterocycles. The van der Waals surface area contributed by atoms with Gasteiger partial charge >= 0.3 is 5.97 Å². The molecule has 1 saturated heterocycles. The molecule has 45 heavy (non-hydrogen) atoms. The van der Waals surface area contributed by atoms with E-state index in [1.807, 2.05) is 66.2 Å². The van der Waals surface area contributed by atoms with Crippen molar-refractivity contribution in [1.82, 2.24) is 39.1 Å². The Morgan fingerprint density at radius 3 is 2.58 bits per heavy atom. The Morgan fingerprint density at radius 1 is 0.978 bits per heavy atom. The van der Waals surface area contributed by atoms with Crippen LogP contribution in [0.25, 0.3) is 17.1 Å². The van der Waals surface area contributed by atoms with Crippen LogP contribution in [0.3, 0.4) is 0 Å². The maximum atomic E-state index is 12.2. The predicted octanol–water partition coefficient (Wildman–Crippen LogP) is 2.97. The Labute approximate surface area is 260 Å². The SMILES string of the molecule is CCOC(=O)c1cnn(-c2nc(OCc3ccccc3)c3c(ncn3Cc3ccc(OCCN4CCN(C)C(=O)C4)cc3)n2)c1. The molecule has 5 aromatic rings. The first-order valence-electron chi connectivity index (χ1n) is 14.8. The molecule has 0 spiro atoms. The van der Waals surface area contributed by atoms with E-state index in [0.717, 1.165) is 30.0 Å². The zero-order valence-electron chi connectivity index (χ0n) is 25.2. The molecule has 13 nitrogen and oxygen atoms in total. The summed E-state index contributed by atoms with van der Waals surface area (Å²) in [5.41, 5.74) is 3.36. The number of piperazine rings is 1. The number of hydrogen-bond acceptors (Lipinski definition) is 10. The van der Waals surface area contributed by atoms with Crippen LogP contribution in [0.4, 0.5) is 0 Å². The lowest BCUT2D eigenvalue weighted by atomic mass is 10.2. The van der Waals surface area contributed by atoms with Gasteiger partial charge in [0.15, 0.2) is 11.2 Å². The number of amides is 1.